The van der Waals surface area contributed by atoms with Crippen LogP contribution in [-0.2, 0) is 12.8 Å². The van der Waals surface area contributed by atoms with Crippen LogP contribution in [0.25, 0.3) is 5.69 Å². The standard InChI is InChI=1S/C12H8ClF5N2O/c13-10-8(5-21)9(11(14)15)19-20(10)7-3-1-2-6(4-7)12(16,17)18/h1-4,11,21H,5H2. The maximum Gasteiger partial charge on any atom is 0.416 e. The van der Waals surface area contributed by atoms with E-state index < -0.39 is 30.5 Å². The molecule has 1 aromatic carbocycles. The predicted molar refractivity (Wildman–Crippen MR) is 64.5 cm³/mol. The van der Waals surface area contributed by atoms with Gasteiger partial charge in [0.1, 0.15) is 10.8 Å². The molecule has 2 aromatic rings. The number of rotatable bonds is 3. The Morgan fingerprint density at radius 2 is 1.95 bits per heavy atom. The number of aliphatic hydroxyl groups is 1. The molecule has 0 spiro atoms. The first kappa shape index (κ1) is 15.7. The van der Waals surface area contributed by atoms with E-state index in [9.17, 15) is 22.0 Å². The van der Waals surface area contributed by atoms with Gasteiger partial charge in [0.2, 0.25) is 0 Å². The summed E-state index contributed by atoms with van der Waals surface area (Å²) in [6.07, 6.45) is -7.59. The summed E-state index contributed by atoms with van der Waals surface area (Å²) in [5.41, 5.74) is -2.17. The van der Waals surface area contributed by atoms with E-state index in [0.29, 0.717) is 0 Å². The molecule has 3 nitrogen and oxygen atoms in total. The SMILES string of the molecule is OCc1c(C(F)F)nn(-c2cccc(C(F)(F)F)c2)c1Cl. The lowest BCUT2D eigenvalue weighted by Gasteiger charge is -2.09. The number of aliphatic hydroxyl groups excluding tert-OH is 1. The van der Waals surface area contributed by atoms with E-state index in [1.54, 1.807) is 0 Å². The maximum atomic E-state index is 12.8. The lowest BCUT2D eigenvalue weighted by molar-refractivity contribution is -0.137. The molecule has 1 N–H and O–H groups in total. The second-order valence-corrected chi connectivity index (χ2v) is 4.43. The number of benzene rings is 1. The summed E-state index contributed by atoms with van der Waals surface area (Å²) in [5, 5.41) is 12.2. The summed E-state index contributed by atoms with van der Waals surface area (Å²) < 4.78 is 64.2. The Kier molecular flexibility index (Phi) is 4.20. The molecule has 0 bridgehead atoms. The number of hydrogen-bond acceptors (Lipinski definition) is 2. The third-order valence-corrected chi connectivity index (χ3v) is 3.12. The fourth-order valence-electron chi connectivity index (χ4n) is 1.75. The Labute approximate surface area is 120 Å². The van der Waals surface area contributed by atoms with E-state index in [1.807, 2.05) is 0 Å². The van der Waals surface area contributed by atoms with E-state index in [2.05, 4.69) is 5.10 Å². The van der Waals surface area contributed by atoms with Crippen LogP contribution in [0.2, 0.25) is 5.15 Å². The zero-order chi connectivity index (χ0) is 15.8. The van der Waals surface area contributed by atoms with Crippen molar-refractivity contribution in [2.45, 2.75) is 19.2 Å². The highest BCUT2D eigenvalue weighted by Gasteiger charge is 2.31. The number of halogens is 6. The lowest BCUT2D eigenvalue weighted by Crippen LogP contribution is -2.06. The van der Waals surface area contributed by atoms with Crippen molar-refractivity contribution in [1.82, 2.24) is 9.78 Å². The molecule has 0 aliphatic heterocycles. The van der Waals surface area contributed by atoms with Crippen LogP contribution in [-0.4, -0.2) is 14.9 Å². The topological polar surface area (TPSA) is 38.1 Å². The Morgan fingerprint density at radius 3 is 2.43 bits per heavy atom. The van der Waals surface area contributed by atoms with Gasteiger partial charge in [0.05, 0.1) is 17.9 Å². The normalized spacial score (nSPS) is 12.2. The van der Waals surface area contributed by atoms with Crippen molar-refractivity contribution >= 4 is 11.6 Å². The van der Waals surface area contributed by atoms with Gasteiger partial charge < -0.3 is 5.11 Å². The van der Waals surface area contributed by atoms with Crippen LogP contribution in [0.3, 0.4) is 0 Å². The Balaban J connectivity index is 2.57. The van der Waals surface area contributed by atoms with Crippen LogP contribution in [0.15, 0.2) is 24.3 Å². The number of alkyl halides is 5. The highest BCUT2D eigenvalue weighted by Crippen LogP contribution is 2.33. The van der Waals surface area contributed by atoms with Crippen LogP contribution in [0, 0.1) is 0 Å². The molecule has 1 heterocycles. The summed E-state index contributed by atoms with van der Waals surface area (Å²) in [6, 6.07) is 3.92. The third-order valence-electron chi connectivity index (χ3n) is 2.73. The molecule has 0 aliphatic carbocycles. The van der Waals surface area contributed by atoms with Gasteiger partial charge in [0, 0.05) is 5.56 Å². The third kappa shape index (κ3) is 3.01. The van der Waals surface area contributed by atoms with Crippen molar-refractivity contribution in [1.29, 1.82) is 0 Å². The summed E-state index contributed by atoms with van der Waals surface area (Å²) in [5.74, 6) is 0. The Morgan fingerprint density at radius 1 is 1.29 bits per heavy atom. The van der Waals surface area contributed by atoms with Crippen molar-refractivity contribution in [2.24, 2.45) is 0 Å². The largest absolute Gasteiger partial charge is 0.416 e. The van der Waals surface area contributed by atoms with Gasteiger partial charge in [-0.15, -0.1) is 0 Å². The van der Waals surface area contributed by atoms with Gasteiger partial charge in [-0.25, -0.2) is 13.5 Å². The molecule has 0 saturated carbocycles. The Hall–Kier alpha value is -1.67. The summed E-state index contributed by atoms with van der Waals surface area (Å²) in [7, 11) is 0. The fraction of sp³-hybridized carbons (Fsp3) is 0.250. The van der Waals surface area contributed by atoms with Gasteiger partial charge in [0.25, 0.3) is 6.43 Å². The minimum absolute atomic E-state index is 0.128. The van der Waals surface area contributed by atoms with Gasteiger partial charge in [-0.3, -0.25) is 0 Å². The molecule has 114 valence electrons. The van der Waals surface area contributed by atoms with Gasteiger partial charge in [0.15, 0.2) is 0 Å². The van der Waals surface area contributed by atoms with Crippen molar-refractivity contribution < 1.29 is 27.1 Å². The zero-order valence-corrected chi connectivity index (χ0v) is 11.0. The van der Waals surface area contributed by atoms with E-state index in [1.165, 1.54) is 6.07 Å². The van der Waals surface area contributed by atoms with E-state index in [4.69, 9.17) is 16.7 Å². The minimum atomic E-state index is -4.58. The molecule has 0 amide bonds. The quantitative estimate of drug-likeness (QED) is 0.867. The first-order valence-electron chi connectivity index (χ1n) is 5.59. The number of aromatic nitrogens is 2. The van der Waals surface area contributed by atoms with Gasteiger partial charge in [-0.2, -0.15) is 18.3 Å². The maximum absolute atomic E-state index is 12.8. The zero-order valence-electron chi connectivity index (χ0n) is 10.2. The highest BCUT2D eigenvalue weighted by atomic mass is 35.5. The minimum Gasteiger partial charge on any atom is -0.391 e. The van der Waals surface area contributed by atoms with Gasteiger partial charge in [-0.1, -0.05) is 17.7 Å². The van der Waals surface area contributed by atoms with Crippen molar-refractivity contribution in [2.75, 3.05) is 0 Å². The number of hydrogen-bond donors (Lipinski definition) is 1. The van der Waals surface area contributed by atoms with Crippen LogP contribution in [0.5, 0.6) is 0 Å². The smallest absolute Gasteiger partial charge is 0.391 e. The average Bonchev–Trinajstić information content (AvgIpc) is 2.75. The van der Waals surface area contributed by atoms with Crippen molar-refractivity contribution in [3.05, 3.63) is 46.2 Å². The van der Waals surface area contributed by atoms with Crippen LogP contribution in [0.1, 0.15) is 23.2 Å². The second-order valence-electron chi connectivity index (χ2n) is 4.07. The molecule has 0 aliphatic rings. The monoisotopic (exact) mass is 326 g/mol. The summed E-state index contributed by atoms with van der Waals surface area (Å²) >= 11 is 5.80. The summed E-state index contributed by atoms with van der Waals surface area (Å²) in [6.45, 7) is -0.794. The fourth-order valence-corrected chi connectivity index (χ4v) is 2.04. The van der Waals surface area contributed by atoms with E-state index in [-0.39, 0.29) is 16.4 Å². The summed E-state index contributed by atoms with van der Waals surface area (Å²) in [4.78, 5) is 0. The predicted octanol–water partition coefficient (Wildman–Crippen LogP) is 3.97. The Bertz CT molecular complexity index is 654. The van der Waals surface area contributed by atoms with Gasteiger partial charge in [-0.05, 0) is 18.2 Å². The van der Waals surface area contributed by atoms with Crippen LogP contribution in [0.4, 0.5) is 22.0 Å². The molecule has 0 radical (unpaired) electrons. The number of nitrogens with zero attached hydrogens (tertiary/aromatic N) is 2. The molecule has 1 aromatic heterocycles. The first-order chi connectivity index (χ1) is 9.75. The van der Waals surface area contributed by atoms with E-state index >= 15 is 0 Å². The molecular weight excluding hydrogens is 319 g/mol. The van der Waals surface area contributed by atoms with Crippen LogP contribution >= 0.6 is 11.6 Å². The molecule has 0 atom stereocenters. The first-order valence-corrected chi connectivity index (χ1v) is 5.97. The van der Waals surface area contributed by atoms with Crippen molar-refractivity contribution in [3.63, 3.8) is 0 Å². The lowest BCUT2D eigenvalue weighted by atomic mass is 10.2. The molecule has 2 rings (SSSR count). The van der Waals surface area contributed by atoms with Crippen molar-refractivity contribution in [3.8, 4) is 5.69 Å². The molecule has 0 saturated heterocycles. The molecule has 0 unspecified atom stereocenters. The van der Waals surface area contributed by atoms with Crippen LogP contribution < -0.4 is 0 Å². The average molecular weight is 327 g/mol. The second kappa shape index (κ2) is 5.61. The molecule has 9 heteroatoms. The van der Waals surface area contributed by atoms with E-state index in [0.717, 1.165) is 22.9 Å². The highest BCUT2D eigenvalue weighted by molar-refractivity contribution is 6.30. The molecule has 21 heavy (non-hydrogen) atoms. The molecular formula is C12H8ClF5N2O. The van der Waals surface area contributed by atoms with Gasteiger partial charge >= 0.3 is 6.18 Å². The molecule has 0 fully saturated rings.